The van der Waals surface area contributed by atoms with Crippen LogP contribution >= 0.6 is 0 Å². The maximum atomic E-state index is 10.6. The summed E-state index contributed by atoms with van der Waals surface area (Å²) in [6, 6.07) is 0.356. The Bertz CT molecular complexity index is 161. The molecule has 0 aromatic heterocycles. The third-order valence-electron chi connectivity index (χ3n) is 1.54. The summed E-state index contributed by atoms with van der Waals surface area (Å²) in [6.07, 6.45) is 1.54. The summed E-state index contributed by atoms with van der Waals surface area (Å²) in [5, 5.41) is 0. The summed E-state index contributed by atoms with van der Waals surface area (Å²) in [5.74, 6) is 0.189. The lowest BCUT2D eigenvalue weighted by Crippen LogP contribution is -2.05. The molecule has 0 bridgehead atoms. The molecule has 0 aromatic rings. The highest BCUT2D eigenvalue weighted by molar-refractivity contribution is 5.99. The molecule has 0 saturated heterocycles. The van der Waals surface area contributed by atoms with Crippen molar-refractivity contribution in [2.75, 3.05) is 0 Å². The Labute approximate surface area is 68.7 Å². The molecule has 0 saturated carbocycles. The third kappa shape index (κ3) is 5.77. The first kappa shape index (κ1) is 10.3. The number of carbonyl (C=O) groups is 1. The molecule has 0 rings (SSSR count). The van der Waals surface area contributed by atoms with Crippen LogP contribution in [0, 0.1) is 0 Å². The van der Waals surface area contributed by atoms with Crippen LogP contribution in [0.25, 0.3) is 0 Å². The predicted octanol–water partition coefficient (Wildman–Crippen LogP) is 2.22. The number of rotatable bonds is 4. The molecule has 0 spiro atoms. The number of hydrogen-bond acceptors (Lipinski definition) is 2. The van der Waals surface area contributed by atoms with Crippen LogP contribution in [0.2, 0.25) is 0 Å². The number of hydrogen-bond donors (Lipinski definition) is 0. The van der Waals surface area contributed by atoms with E-state index in [4.69, 9.17) is 0 Å². The second-order valence-corrected chi connectivity index (χ2v) is 3.00. The van der Waals surface area contributed by atoms with Crippen molar-refractivity contribution in [3.05, 3.63) is 0 Å². The van der Waals surface area contributed by atoms with Gasteiger partial charge in [-0.05, 0) is 27.2 Å². The largest absolute Gasteiger partial charge is 0.300 e. The molecular weight excluding hydrogens is 138 g/mol. The van der Waals surface area contributed by atoms with Gasteiger partial charge in [0.25, 0.3) is 0 Å². The average molecular weight is 155 g/mol. The van der Waals surface area contributed by atoms with Crippen molar-refractivity contribution in [3.63, 3.8) is 0 Å². The van der Waals surface area contributed by atoms with Crippen LogP contribution in [0.5, 0.6) is 0 Å². The summed E-state index contributed by atoms with van der Waals surface area (Å²) >= 11 is 0. The van der Waals surface area contributed by atoms with E-state index in [0.29, 0.717) is 12.5 Å². The Balaban J connectivity index is 3.89. The van der Waals surface area contributed by atoms with Gasteiger partial charge in [-0.1, -0.05) is 6.92 Å². The zero-order chi connectivity index (χ0) is 8.85. The van der Waals surface area contributed by atoms with Crippen LogP contribution in [0.3, 0.4) is 0 Å². The minimum atomic E-state index is 0.189. The fourth-order valence-corrected chi connectivity index (χ4v) is 0.873. The molecule has 0 aliphatic carbocycles. The molecule has 1 unspecified atom stereocenters. The maximum Gasteiger partial charge on any atom is 0.135 e. The molecule has 2 nitrogen and oxygen atoms in total. The molecule has 0 aliphatic rings. The van der Waals surface area contributed by atoms with Gasteiger partial charge in [-0.25, -0.2) is 0 Å². The smallest absolute Gasteiger partial charge is 0.135 e. The van der Waals surface area contributed by atoms with Crippen LogP contribution in [0.15, 0.2) is 4.99 Å². The number of Topliss-reactive ketones (excluding diaryl/α,β-unsaturated/α-hetero) is 1. The standard InChI is InChI=1S/C9H17NO/c1-5-7(2)10-8(3)6-9(4)11/h7H,5-6H2,1-4H3/b10-8+. The fourth-order valence-electron chi connectivity index (χ4n) is 0.873. The van der Waals surface area contributed by atoms with E-state index in [0.717, 1.165) is 12.1 Å². The van der Waals surface area contributed by atoms with Crippen LogP contribution < -0.4 is 0 Å². The number of aliphatic imine (C=N–C) groups is 1. The summed E-state index contributed by atoms with van der Waals surface area (Å²) < 4.78 is 0. The summed E-state index contributed by atoms with van der Waals surface area (Å²) in [7, 11) is 0. The normalized spacial score (nSPS) is 14.7. The third-order valence-corrected chi connectivity index (χ3v) is 1.54. The molecule has 64 valence electrons. The van der Waals surface area contributed by atoms with Crippen LogP contribution in [-0.4, -0.2) is 17.5 Å². The molecule has 0 amide bonds. The average Bonchev–Trinajstić information content (AvgIpc) is 1.85. The molecule has 0 heterocycles. The first-order valence-corrected chi connectivity index (χ1v) is 4.09. The molecule has 0 aromatic carbocycles. The van der Waals surface area contributed by atoms with E-state index in [2.05, 4.69) is 18.8 Å². The van der Waals surface area contributed by atoms with Crippen molar-refractivity contribution in [2.45, 2.75) is 46.6 Å². The first-order valence-electron chi connectivity index (χ1n) is 4.09. The van der Waals surface area contributed by atoms with E-state index in [1.807, 2.05) is 6.92 Å². The van der Waals surface area contributed by atoms with E-state index >= 15 is 0 Å². The maximum absolute atomic E-state index is 10.6. The van der Waals surface area contributed by atoms with Crippen molar-refractivity contribution in [1.29, 1.82) is 0 Å². The van der Waals surface area contributed by atoms with E-state index < -0.39 is 0 Å². The van der Waals surface area contributed by atoms with Gasteiger partial charge in [0, 0.05) is 18.2 Å². The summed E-state index contributed by atoms with van der Waals surface area (Å²) in [4.78, 5) is 15.0. The molecular formula is C9H17NO. The monoisotopic (exact) mass is 155 g/mol. The van der Waals surface area contributed by atoms with Crippen molar-refractivity contribution < 1.29 is 4.79 Å². The first-order chi connectivity index (χ1) is 5.06. The van der Waals surface area contributed by atoms with Gasteiger partial charge in [-0.15, -0.1) is 0 Å². The van der Waals surface area contributed by atoms with Crippen molar-refractivity contribution >= 4 is 11.5 Å². The van der Waals surface area contributed by atoms with Crippen molar-refractivity contribution in [1.82, 2.24) is 0 Å². The van der Waals surface area contributed by atoms with Crippen LogP contribution in [-0.2, 0) is 4.79 Å². The van der Waals surface area contributed by atoms with E-state index in [9.17, 15) is 4.79 Å². The Kier molecular flexibility index (Phi) is 4.75. The lowest BCUT2D eigenvalue weighted by molar-refractivity contribution is -0.115. The van der Waals surface area contributed by atoms with Gasteiger partial charge in [-0.2, -0.15) is 0 Å². The zero-order valence-corrected chi connectivity index (χ0v) is 7.85. The van der Waals surface area contributed by atoms with Gasteiger partial charge in [-0.3, -0.25) is 9.79 Å². The summed E-state index contributed by atoms with van der Waals surface area (Å²) in [6.45, 7) is 7.65. The predicted molar refractivity (Wildman–Crippen MR) is 48.2 cm³/mol. The Hall–Kier alpha value is -0.660. The highest BCUT2D eigenvalue weighted by Gasteiger charge is 1.99. The molecule has 1 atom stereocenters. The van der Waals surface area contributed by atoms with Crippen molar-refractivity contribution in [2.24, 2.45) is 4.99 Å². The van der Waals surface area contributed by atoms with Crippen LogP contribution in [0.1, 0.15) is 40.5 Å². The van der Waals surface area contributed by atoms with E-state index in [1.54, 1.807) is 6.92 Å². The molecule has 0 N–H and O–H groups in total. The van der Waals surface area contributed by atoms with Gasteiger partial charge in [0.05, 0.1) is 0 Å². The molecule has 11 heavy (non-hydrogen) atoms. The highest BCUT2D eigenvalue weighted by Crippen LogP contribution is 1.98. The SMILES string of the molecule is CCC(C)/N=C(\C)CC(C)=O. The van der Waals surface area contributed by atoms with Crippen LogP contribution in [0.4, 0.5) is 0 Å². The molecule has 0 radical (unpaired) electrons. The second kappa shape index (κ2) is 5.05. The molecule has 2 heteroatoms. The minimum Gasteiger partial charge on any atom is -0.300 e. The van der Waals surface area contributed by atoms with Crippen molar-refractivity contribution in [3.8, 4) is 0 Å². The Morgan fingerprint density at radius 1 is 1.45 bits per heavy atom. The van der Waals surface area contributed by atoms with E-state index in [1.165, 1.54) is 0 Å². The van der Waals surface area contributed by atoms with Gasteiger partial charge in [0.1, 0.15) is 5.78 Å². The quantitative estimate of drug-likeness (QED) is 0.572. The number of carbonyl (C=O) groups excluding carboxylic acids is 1. The van der Waals surface area contributed by atoms with Gasteiger partial charge >= 0.3 is 0 Å². The lowest BCUT2D eigenvalue weighted by Gasteiger charge is -2.03. The Morgan fingerprint density at radius 3 is 2.36 bits per heavy atom. The Morgan fingerprint density at radius 2 is 2.00 bits per heavy atom. The lowest BCUT2D eigenvalue weighted by atomic mass is 10.2. The minimum absolute atomic E-state index is 0.189. The summed E-state index contributed by atoms with van der Waals surface area (Å²) in [5.41, 5.74) is 0.951. The molecule has 0 aliphatic heterocycles. The fraction of sp³-hybridized carbons (Fsp3) is 0.778. The second-order valence-electron chi connectivity index (χ2n) is 3.00. The number of nitrogens with zero attached hydrogens (tertiary/aromatic N) is 1. The number of ketones is 1. The zero-order valence-electron chi connectivity index (χ0n) is 7.85. The topological polar surface area (TPSA) is 29.4 Å². The molecule has 0 fully saturated rings. The van der Waals surface area contributed by atoms with Gasteiger partial charge in [0.15, 0.2) is 0 Å². The highest BCUT2D eigenvalue weighted by atomic mass is 16.1. The van der Waals surface area contributed by atoms with Gasteiger partial charge in [0.2, 0.25) is 0 Å². The van der Waals surface area contributed by atoms with E-state index in [-0.39, 0.29) is 5.78 Å². The van der Waals surface area contributed by atoms with Gasteiger partial charge < -0.3 is 0 Å².